The van der Waals surface area contributed by atoms with Crippen molar-refractivity contribution in [2.75, 3.05) is 39.8 Å². The number of hydrogen-bond acceptors (Lipinski definition) is 3. The summed E-state index contributed by atoms with van der Waals surface area (Å²) in [5, 5.41) is 6.40. The molecule has 1 unspecified atom stereocenters. The first-order chi connectivity index (χ1) is 8.50. The van der Waals surface area contributed by atoms with E-state index in [4.69, 9.17) is 0 Å². The minimum atomic E-state index is 0.154. The number of nitrogens with one attached hydrogen (secondary N) is 2. The molecule has 4 nitrogen and oxygen atoms in total. The maximum Gasteiger partial charge on any atom is 0.223 e. The number of likely N-dealkylation sites (tertiary alicyclic amines) is 1. The van der Waals surface area contributed by atoms with E-state index in [9.17, 15) is 4.79 Å². The second-order valence-electron chi connectivity index (χ2n) is 6.54. The minimum Gasteiger partial charge on any atom is -0.355 e. The molecule has 2 saturated heterocycles. The van der Waals surface area contributed by atoms with Crippen molar-refractivity contribution in [1.29, 1.82) is 0 Å². The van der Waals surface area contributed by atoms with E-state index in [1.54, 1.807) is 0 Å². The van der Waals surface area contributed by atoms with Gasteiger partial charge in [0.1, 0.15) is 0 Å². The second-order valence-corrected chi connectivity index (χ2v) is 6.54. The van der Waals surface area contributed by atoms with Crippen molar-refractivity contribution in [3.63, 3.8) is 0 Å². The molecule has 0 radical (unpaired) electrons. The zero-order valence-corrected chi connectivity index (χ0v) is 12.0. The number of hydrogen-bond donors (Lipinski definition) is 2. The van der Waals surface area contributed by atoms with Crippen LogP contribution in [0.15, 0.2) is 0 Å². The summed E-state index contributed by atoms with van der Waals surface area (Å²) in [7, 11) is 2.17. The number of nitrogens with zero attached hydrogens (tertiary/aromatic N) is 1. The van der Waals surface area contributed by atoms with Crippen LogP contribution < -0.4 is 10.6 Å². The lowest BCUT2D eigenvalue weighted by Crippen LogP contribution is -2.51. The summed E-state index contributed by atoms with van der Waals surface area (Å²) in [4.78, 5) is 14.4. The van der Waals surface area contributed by atoms with Gasteiger partial charge < -0.3 is 15.5 Å². The zero-order chi connectivity index (χ0) is 13.2. The normalized spacial score (nSPS) is 26.4. The molecular formula is C14H27N3O. The van der Waals surface area contributed by atoms with Crippen LogP contribution in [0.5, 0.6) is 0 Å². The van der Waals surface area contributed by atoms with E-state index < -0.39 is 0 Å². The molecule has 18 heavy (non-hydrogen) atoms. The van der Waals surface area contributed by atoms with Crippen LogP contribution in [-0.4, -0.2) is 50.6 Å². The van der Waals surface area contributed by atoms with Gasteiger partial charge in [0.05, 0.1) is 0 Å². The zero-order valence-electron chi connectivity index (χ0n) is 12.0. The van der Waals surface area contributed by atoms with E-state index >= 15 is 0 Å². The molecule has 2 rings (SSSR count). The molecule has 0 aromatic carbocycles. The molecule has 0 bridgehead atoms. The Hall–Kier alpha value is -0.610. The van der Waals surface area contributed by atoms with E-state index in [-0.39, 0.29) is 11.8 Å². The molecular weight excluding hydrogens is 226 g/mol. The lowest BCUT2D eigenvalue weighted by atomic mass is 9.80. The summed E-state index contributed by atoms with van der Waals surface area (Å²) in [6.07, 6.45) is 2.37. The molecule has 1 amide bonds. The highest BCUT2D eigenvalue weighted by atomic mass is 16.1. The molecule has 0 aromatic heterocycles. The number of piperidine rings is 1. The predicted molar refractivity (Wildman–Crippen MR) is 73.4 cm³/mol. The Kier molecular flexibility index (Phi) is 4.28. The molecule has 2 N–H and O–H groups in total. The summed E-state index contributed by atoms with van der Waals surface area (Å²) in [6, 6.07) is 0. The average Bonchev–Trinajstić information content (AvgIpc) is 2.28. The Morgan fingerprint density at radius 1 is 1.44 bits per heavy atom. The summed E-state index contributed by atoms with van der Waals surface area (Å²) in [5.41, 5.74) is 0.291. The molecule has 0 spiro atoms. The molecule has 2 fully saturated rings. The van der Waals surface area contributed by atoms with Gasteiger partial charge in [-0.1, -0.05) is 13.8 Å². The number of carbonyl (C=O) groups is 1. The van der Waals surface area contributed by atoms with Gasteiger partial charge in [0, 0.05) is 12.5 Å². The third-order valence-corrected chi connectivity index (χ3v) is 4.82. The Balaban J connectivity index is 1.74. The third kappa shape index (κ3) is 3.23. The Morgan fingerprint density at radius 2 is 2.06 bits per heavy atom. The van der Waals surface area contributed by atoms with Crippen LogP contribution in [0.2, 0.25) is 0 Å². The van der Waals surface area contributed by atoms with E-state index in [1.807, 2.05) is 0 Å². The quantitative estimate of drug-likeness (QED) is 0.775. The van der Waals surface area contributed by atoms with Crippen molar-refractivity contribution in [2.24, 2.45) is 17.3 Å². The van der Waals surface area contributed by atoms with Crippen LogP contribution in [-0.2, 0) is 4.79 Å². The van der Waals surface area contributed by atoms with Gasteiger partial charge in [-0.25, -0.2) is 0 Å². The maximum absolute atomic E-state index is 12.1. The molecule has 104 valence electrons. The largest absolute Gasteiger partial charge is 0.355 e. The lowest BCUT2D eigenvalue weighted by Gasteiger charge is -2.38. The molecule has 2 heterocycles. The number of amides is 1. The number of rotatable bonds is 4. The van der Waals surface area contributed by atoms with Crippen LogP contribution in [0, 0.1) is 17.3 Å². The topological polar surface area (TPSA) is 44.4 Å². The molecule has 4 heteroatoms. The summed E-state index contributed by atoms with van der Waals surface area (Å²) < 4.78 is 0. The molecule has 1 atom stereocenters. The van der Waals surface area contributed by atoms with Crippen LogP contribution >= 0.6 is 0 Å². The Bertz CT molecular complexity index is 293. The SMILES string of the molecule is CC(C(=O)NCC1(C)CCN(C)CC1)C1CNC1. The smallest absolute Gasteiger partial charge is 0.223 e. The molecule has 0 saturated carbocycles. The fourth-order valence-corrected chi connectivity index (χ4v) is 2.68. The monoisotopic (exact) mass is 253 g/mol. The van der Waals surface area contributed by atoms with Crippen molar-refractivity contribution < 1.29 is 4.79 Å². The van der Waals surface area contributed by atoms with E-state index in [0.717, 1.165) is 32.7 Å². The summed E-state index contributed by atoms with van der Waals surface area (Å²) >= 11 is 0. The fourth-order valence-electron chi connectivity index (χ4n) is 2.68. The van der Waals surface area contributed by atoms with Gasteiger partial charge in [0.25, 0.3) is 0 Å². The summed E-state index contributed by atoms with van der Waals surface area (Å²) in [6.45, 7) is 9.48. The third-order valence-electron chi connectivity index (χ3n) is 4.82. The highest BCUT2D eigenvalue weighted by Crippen LogP contribution is 2.29. The van der Waals surface area contributed by atoms with Crippen molar-refractivity contribution in [3.8, 4) is 0 Å². The van der Waals surface area contributed by atoms with E-state index in [1.165, 1.54) is 12.8 Å². The average molecular weight is 253 g/mol. The first-order valence-electron chi connectivity index (χ1n) is 7.17. The van der Waals surface area contributed by atoms with Crippen molar-refractivity contribution in [1.82, 2.24) is 15.5 Å². The van der Waals surface area contributed by atoms with Crippen LogP contribution in [0.3, 0.4) is 0 Å². The van der Waals surface area contributed by atoms with Gasteiger partial charge in [0.2, 0.25) is 5.91 Å². The first kappa shape index (κ1) is 13.8. The van der Waals surface area contributed by atoms with Gasteiger partial charge in [-0.3, -0.25) is 4.79 Å². The van der Waals surface area contributed by atoms with Gasteiger partial charge in [-0.05, 0) is 57.4 Å². The van der Waals surface area contributed by atoms with Crippen LogP contribution in [0.1, 0.15) is 26.7 Å². The Labute approximate surface area is 110 Å². The van der Waals surface area contributed by atoms with Gasteiger partial charge in [-0.2, -0.15) is 0 Å². The molecule has 0 aromatic rings. The Morgan fingerprint density at radius 3 is 2.56 bits per heavy atom. The summed E-state index contributed by atoms with van der Waals surface area (Å²) in [5.74, 6) is 0.929. The standard InChI is InChI=1S/C14H27N3O/c1-11(12-8-15-9-12)13(18)16-10-14(2)4-6-17(3)7-5-14/h11-12,15H,4-10H2,1-3H3,(H,16,18). The van der Waals surface area contributed by atoms with Gasteiger partial charge >= 0.3 is 0 Å². The fraction of sp³-hybridized carbons (Fsp3) is 0.929. The second kappa shape index (κ2) is 5.57. The van der Waals surface area contributed by atoms with Crippen LogP contribution in [0.25, 0.3) is 0 Å². The van der Waals surface area contributed by atoms with Crippen molar-refractivity contribution in [2.45, 2.75) is 26.7 Å². The highest BCUT2D eigenvalue weighted by molar-refractivity contribution is 5.78. The van der Waals surface area contributed by atoms with E-state index in [0.29, 0.717) is 11.3 Å². The molecule has 2 aliphatic rings. The minimum absolute atomic E-state index is 0.154. The van der Waals surface area contributed by atoms with Gasteiger partial charge in [-0.15, -0.1) is 0 Å². The van der Waals surface area contributed by atoms with Crippen molar-refractivity contribution >= 4 is 5.91 Å². The predicted octanol–water partition coefficient (Wildman–Crippen LogP) is 0.690. The lowest BCUT2D eigenvalue weighted by molar-refractivity contribution is -0.127. The highest BCUT2D eigenvalue weighted by Gasteiger charge is 2.32. The van der Waals surface area contributed by atoms with Gasteiger partial charge in [0.15, 0.2) is 0 Å². The van der Waals surface area contributed by atoms with Crippen LogP contribution in [0.4, 0.5) is 0 Å². The molecule has 0 aliphatic carbocycles. The maximum atomic E-state index is 12.1. The van der Waals surface area contributed by atoms with E-state index in [2.05, 4.69) is 36.4 Å². The van der Waals surface area contributed by atoms with Crippen molar-refractivity contribution in [3.05, 3.63) is 0 Å². The number of carbonyl (C=O) groups excluding carboxylic acids is 1. The molecule has 2 aliphatic heterocycles. The first-order valence-corrected chi connectivity index (χ1v) is 7.17.